The van der Waals surface area contributed by atoms with Gasteiger partial charge in [0, 0.05) is 17.5 Å². The summed E-state index contributed by atoms with van der Waals surface area (Å²) in [5, 5.41) is 9.91. The van der Waals surface area contributed by atoms with Gasteiger partial charge in [0.2, 0.25) is 0 Å². The maximum atomic E-state index is 8.91. The molecule has 0 fully saturated rings. The fourth-order valence-corrected chi connectivity index (χ4v) is 2.51. The van der Waals surface area contributed by atoms with Crippen LogP contribution in [-0.2, 0) is 5.75 Å². The third-order valence-corrected chi connectivity index (χ3v) is 3.87. The fourth-order valence-electron chi connectivity index (χ4n) is 1.71. The van der Waals surface area contributed by atoms with Crippen LogP contribution in [0.25, 0.3) is 6.08 Å². The van der Waals surface area contributed by atoms with Gasteiger partial charge in [0.15, 0.2) is 0 Å². The summed E-state index contributed by atoms with van der Waals surface area (Å²) in [6.07, 6.45) is 4.46. The van der Waals surface area contributed by atoms with E-state index >= 15 is 0 Å². The highest BCUT2D eigenvalue weighted by Gasteiger charge is 1.98. The minimum Gasteiger partial charge on any atom is -0.249 e. The molecule has 0 aliphatic carbocycles. The number of nitriles is 1. The molecule has 0 aliphatic rings. The van der Waals surface area contributed by atoms with Gasteiger partial charge in [-0.15, -0.1) is 11.8 Å². The molecule has 1 aromatic carbocycles. The Hall–Kier alpha value is -2.05. The van der Waals surface area contributed by atoms with Gasteiger partial charge < -0.3 is 0 Å². The van der Waals surface area contributed by atoms with Crippen LogP contribution in [-0.4, -0.2) is 4.98 Å². The molecule has 100 valence electrons. The molecule has 20 heavy (non-hydrogen) atoms. The predicted octanol–water partition coefficient (Wildman–Crippen LogP) is 4.69. The maximum absolute atomic E-state index is 8.91. The van der Waals surface area contributed by atoms with Crippen molar-refractivity contribution in [3.8, 4) is 6.07 Å². The molecular weight excluding hydrogens is 264 g/mol. The van der Waals surface area contributed by atoms with Gasteiger partial charge >= 0.3 is 0 Å². The Balaban J connectivity index is 1.99. The minimum atomic E-state index is 0.751. The average molecular weight is 280 g/mol. The van der Waals surface area contributed by atoms with Gasteiger partial charge in [0.05, 0.1) is 11.1 Å². The Kier molecular flexibility index (Phi) is 5.40. The van der Waals surface area contributed by atoms with E-state index in [0.29, 0.717) is 0 Å². The molecule has 0 spiro atoms. The van der Waals surface area contributed by atoms with E-state index in [1.54, 1.807) is 11.8 Å². The molecule has 0 amide bonds. The Morgan fingerprint density at radius 1 is 1.25 bits per heavy atom. The van der Waals surface area contributed by atoms with E-state index in [0.717, 1.165) is 28.3 Å². The number of hydrogen-bond donors (Lipinski definition) is 0. The molecular formula is C17H16N2S. The molecule has 0 saturated carbocycles. The number of benzene rings is 1. The smallest absolute Gasteiger partial charge is 0.0963 e. The quantitative estimate of drug-likeness (QED) is 0.589. The summed E-state index contributed by atoms with van der Waals surface area (Å²) >= 11 is 1.72. The summed E-state index contributed by atoms with van der Waals surface area (Å²) in [6.45, 7) is 1.98. The van der Waals surface area contributed by atoms with Gasteiger partial charge in [-0.1, -0.05) is 43.3 Å². The van der Waals surface area contributed by atoms with Crippen LogP contribution in [0.2, 0.25) is 0 Å². The summed E-state index contributed by atoms with van der Waals surface area (Å²) in [6, 6.07) is 16.5. The minimum absolute atomic E-state index is 0.751. The number of thioether (sulfide) groups is 1. The van der Waals surface area contributed by atoms with Crippen molar-refractivity contribution >= 4 is 17.8 Å². The summed E-state index contributed by atoms with van der Waals surface area (Å²) in [5.41, 5.74) is 3.05. The molecule has 2 nitrogen and oxygen atoms in total. The fraction of sp³-hybridized carbons (Fsp3) is 0.176. The van der Waals surface area contributed by atoms with Crippen molar-refractivity contribution in [3.63, 3.8) is 0 Å². The van der Waals surface area contributed by atoms with Gasteiger partial charge in [-0.25, -0.2) is 4.98 Å². The Morgan fingerprint density at radius 2 is 2.05 bits per heavy atom. The van der Waals surface area contributed by atoms with Crippen molar-refractivity contribution < 1.29 is 0 Å². The van der Waals surface area contributed by atoms with Crippen molar-refractivity contribution in [2.75, 3.05) is 0 Å². The Morgan fingerprint density at radius 3 is 2.65 bits per heavy atom. The highest BCUT2D eigenvalue weighted by atomic mass is 32.2. The first kappa shape index (κ1) is 14.4. The topological polar surface area (TPSA) is 36.7 Å². The highest BCUT2D eigenvalue weighted by molar-refractivity contribution is 7.98. The summed E-state index contributed by atoms with van der Waals surface area (Å²) in [7, 11) is 0. The van der Waals surface area contributed by atoms with E-state index < -0.39 is 0 Å². The zero-order valence-corrected chi connectivity index (χ0v) is 12.2. The van der Waals surface area contributed by atoms with Crippen molar-refractivity contribution in [2.45, 2.75) is 24.1 Å². The van der Waals surface area contributed by atoms with Crippen LogP contribution >= 0.6 is 11.8 Å². The van der Waals surface area contributed by atoms with E-state index in [9.17, 15) is 0 Å². The number of allylic oxidation sites excluding steroid dienone is 1. The molecule has 0 aliphatic heterocycles. The van der Waals surface area contributed by atoms with E-state index in [1.807, 2.05) is 49.5 Å². The standard InChI is InChI=1S/C17H16N2S/c1-2-14(11-18)10-16-8-9-17(19-12-16)20-13-15-6-4-3-5-7-15/h3-10,12H,2,13H2,1H3. The van der Waals surface area contributed by atoms with Crippen LogP contribution in [0.15, 0.2) is 59.3 Å². The van der Waals surface area contributed by atoms with Crippen LogP contribution in [0.4, 0.5) is 0 Å². The zero-order valence-electron chi connectivity index (χ0n) is 11.4. The van der Waals surface area contributed by atoms with Gasteiger partial charge in [-0.3, -0.25) is 0 Å². The largest absolute Gasteiger partial charge is 0.249 e. The predicted molar refractivity (Wildman–Crippen MR) is 84.1 cm³/mol. The Bertz CT molecular complexity index is 610. The van der Waals surface area contributed by atoms with E-state index in [-0.39, 0.29) is 0 Å². The van der Waals surface area contributed by atoms with E-state index in [4.69, 9.17) is 5.26 Å². The van der Waals surface area contributed by atoms with E-state index in [2.05, 4.69) is 23.2 Å². The first-order chi connectivity index (χ1) is 9.81. The number of hydrogen-bond acceptors (Lipinski definition) is 3. The summed E-state index contributed by atoms with van der Waals surface area (Å²) in [4.78, 5) is 4.42. The first-order valence-electron chi connectivity index (χ1n) is 6.55. The van der Waals surface area contributed by atoms with Crippen molar-refractivity contribution in [1.29, 1.82) is 5.26 Å². The molecule has 3 heteroatoms. The molecule has 1 aromatic heterocycles. The Labute approximate surface area is 124 Å². The highest BCUT2D eigenvalue weighted by Crippen LogP contribution is 2.21. The molecule has 0 radical (unpaired) electrons. The summed E-state index contributed by atoms with van der Waals surface area (Å²) in [5.74, 6) is 0.918. The molecule has 0 saturated heterocycles. The molecule has 1 heterocycles. The van der Waals surface area contributed by atoms with Gasteiger partial charge in [-0.2, -0.15) is 5.26 Å². The lowest BCUT2D eigenvalue weighted by Crippen LogP contribution is -1.84. The molecule has 2 rings (SSSR count). The average Bonchev–Trinajstić information content (AvgIpc) is 2.53. The van der Waals surface area contributed by atoms with Crippen LogP contribution in [0.5, 0.6) is 0 Å². The van der Waals surface area contributed by atoms with Crippen molar-refractivity contribution in [2.24, 2.45) is 0 Å². The number of pyridine rings is 1. The lowest BCUT2D eigenvalue weighted by atomic mass is 10.1. The molecule has 2 aromatic rings. The molecule has 0 N–H and O–H groups in total. The number of aromatic nitrogens is 1. The third kappa shape index (κ3) is 4.25. The molecule has 0 bridgehead atoms. The zero-order chi connectivity index (χ0) is 14.2. The van der Waals surface area contributed by atoms with Crippen LogP contribution < -0.4 is 0 Å². The van der Waals surface area contributed by atoms with Crippen LogP contribution in [0.1, 0.15) is 24.5 Å². The number of rotatable bonds is 5. The SMILES string of the molecule is CCC(C#N)=Cc1ccc(SCc2ccccc2)nc1. The van der Waals surface area contributed by atoms with E-state index in [1.165, 1.54) is 5.56 Å². The van der Waals surface area contributed by atoms with Crippen LogP contribution in [0.3, 0.4) is 0 Å². The van der Waals surface area contributed by atoms with Crippen molar-refractivity contribution in [3.05, 3.63) is 65.4 Å². The second kappa shape index (κ2) is 7.52. The maximum Gasteiger partial charge on any atom is 0.0963 e. The molecule has 0 unspecified atom stereocenters. The lowest BCUT2D eigenvalue weighted by molar-refractivity contribution is 1.12. The lowest BCUT2D eigenvalue weighted by Gasteiger charge is -2.02. The number of nitrogens with zero attached hydrogens (tertiary/aromatic N) is 2. The molecule has 0 atom stereocenters. The second-order valence-electron chi connectivity index (χ2n) is 4.34. The van der Waals surface area contributed by atoms with Crippen LogP contribution in [0, 0.1) is 11.3 Å². The van der Waals surface area contributed by atoms with Gasteiger partial charge in [0.1, 0.15) is 0 Å². The monoisotopic (exact) mass is 280 g/mol. The van der Waals surface area contributed by atoms with Gasteiger partial charge in [0.25, 0.3) is 0 Å². The second-order valence-corrected chi connectivity index (χ2v) is 5.33. The van der Waals surface area contributed by atoms with Crippen molar-refractivity contribution in [1.82, 2.24) is 4.98 Å². The van der Waals surface area contributed by atoms with Gasteiger partial charge in [-0.05, 0) is 29.7 Å². The third-order valence-electron chi connectivity index (χ3n) is 2.85. The normalized spacial score (nSPS) is 11.1. The first-order valence-corrected chi connectivity index (χ1v) is 7.54. The summed E-state index contributed by atoms with van der Waals surface area (Å²) < 4.78 is 0.